The number of fused-ring (bicyclic) bond motifs is 1. The molecule has 2 rings (SSSR count). The fourth-order valence-corrected chi connectivity index (χ4v) is 2.44. The van der Waals surface area contributed by atoms with Crippen molar-refractivity contribution < 1.29 is 9.47 Å². The van der Waals surface area contributed by atoms with Gasteiger partial charge in [-0.25, -0.2) is 0 Å². The highest BCUT2D eigenvalue weighted by molar-refractivity contribution is 9.08. The lowest BCUT2D eigenvalue weighted by Crippen LogP contribution is -2.16. The van der Waals surface area contributed by atoms with Crippen molar-refractivity contribution in [3.63, 3.8) is 0 Å². The summed E-state index contributed by atoms with van der Waals surface area (Å²) in [5, 5.41) is 3.25. The highest BCUT2D eigenvalue weighted by Gasteiger charge is 2.09. The minimum Gasteiger partial charge on any atom is -0.491 e. The maximum Gasteiger partial charge on any atom is 0.124 e. The molecule has 0 bridgehead atoms. The lowest BCUT2D eigenvalue weighted by atomic mass is 10.0. The third-order valence-electron chi connectivity index (χ3n) is 3.01. The Kier molecular flexibility index (Phi) is 4.61. The average molecular weight is 309 g/mol. The van der Waals surface area contributed by atoms with Crippen LogP contribution in [0.2, 0.25) is 0 Å². The zero-order valence-electron chi connectivity index (χ0n) is 10.7. The number of methoxy groups -OCH3 is 1. The molecule has 0 radical (unpaired) electrons. The summed E-state index contributed by atoms with van der Waals surface area (Å²) in [6.07, 6.45) is 0.0969. The minimum absolute atomic E-state index is 0.0969. The molecule has 3 heteroatoms. The Hall–Kier alpha value is -1.06. The van der Waals surface area contributed by atoms with Gasteiger partial charge in [-0.15, -0.1) is 0 Å². The van der Waals surface area contributed by atoms with E-state index in [4.69, 9.17) is 9.47 Å². The maximum absolute atomic E-state index is 5.83. The molecule has 0 aliphatic heterocycles. The van der Waals surface area contributed by atoms with E-state index in [-0.39, 0.29) is 6.10 Å². The summed E-state index contributed by atoms with van der Waals surface area (Å²) >= 11 is 3.54. The molecule has 1 unspecified atom stereocenters. The molecule has 0 aliphatic rings. The molecule has 0 aromatic heterocycles. The number of hydrogen-bond acceptors (Lipinski definition) is 2. The van der Waals surface area contributed by atoms with E-state index in [1.807, 2.05) is 19.1 Å². The minimum atomic E-state index is 0.0969. The summed E-state index contributed by atoms with van der Waals surface area (Å²) in [5.41, 5.74) is 1.19. The van der Waals surface area contributed by atoms with Crippen LogP contribution >= 0.6 is 15.9 Å². The first-order chi connectivity index (χ1) is 8.76. The van der Waals surface area contributed by atoms with Crippen LogP contribution in [0.25, 0.3) is 10.8 Å². The van der Waals surface area contributed by atoms with Gasteiger partial charge in [-0.1, -0.05) is 46.3 Å². The largest absolute Gasteiger partial charge is 0.491 e. The first-order valence-corrected chi connectivity index (χ1v) is 7.10. The smallest absolute Gasteiger partial charge is 0.124 e. The van der Waals surface area contributed by atoms with Crippen LogP contribution in [0.4, 0.5) is 0 Å². The fraction of sp³-hybridized carbons (Fsp3) is 0.333. The van der Waals surface area contributed by atoms with E-state index < -0.39 is 0 Å². The van der Waals surface area contributed by atoms with Crippen molar-refractivity contribution >= 4 is 26.7 Å². The first kappa shape index (κ1) is 13.4. The molecule has 2 aromatic rings. The molecule has 0 heterocycles. The normalized spacial score (nSPS) is 12.6. The van der Waals surface area contributed by atoms with Gasteiger partial charge in [-0.2, -0.15) is 0 Å². The Labute approximate surface area is 116 Å². The van der Waals surface area contributed by atoms with Gasteiger partial charge in [0.1, 0.15) is 12.4 Å². The lowest BCUT2D eigenvalue weighted by molar-refractivity contribution is 0.0715. The molecule has 96 valence electrons. The third-order valence-corrected chi connectivity index (χ3v) is 3.57. The zero-order chi connectivity index (χ0) is 13.0. The summed E-state index contributed by atoms with van der Waals surface area (Å²) in [7, 11) is 1.69. The van der Waals surface area contributed by atoms with Crippen LogP contribution in [-0.4, -0.2) is 19.8 Å². The molecule has 2 nitrogen and oxygen atoms in total. The average Bonchev–Trinajstić information content (AvgIpc) is 2.43. The number of ether oxygens (including phenoxy) is 2. The monoisotopic (exact) mass is 308 g/mol. The SMILES string of the molecule is COC(C)COc1ccc2ccccc2c1CBr. The Morgan fingerprint density at radius 1 is 1.17 bits per heavy atom. The van der Waals surface area contributed by atoms with Crippen LogP contribution in [0.3, 0.4) is 0 Å². The Morgan fingerprint density at radius 3 is 2.67 bits per heavy atom. The van der Waals surface area contributed by atoms with Crippen molar-refractivity contribution in [2.45, 2.75) is 18.4 Å². The summed E-state index contributed by atoms with van der Waals surface area (Å²) in [6.45, 7) is 2.56. The van der Waals surface area contributed by atoms with Gasteiger partial charge in [0.25, 0.3) is 0 Å². The van der Waals surface area contributed by atoms with Crippen molar-refractivity contribution in [2.24, 2.45) is 0 Å². The second-order valence-corrected chi connectivity index (χ2v) is 4.82. The number of benzene rings is 2. The second kappa shape index (κ2) is 6.21. The summed E-state index contributed by atoms with van der Waals surface area (Å²) in [4.78, 5) is 0. The Bertz CT molecular complexity index is 525. The maximum atomic E-state index is 5.83. The van der Waals surface area contributed by atoms with Crippen LogP contribution < -0.4 is 4.74 Å². The van der Waals surface area contributed by atoms with E-state index in [1.165, 1.54) is 16.3 Å². The number of halogens is 1. The molecule has 0 N–H and O–H groups in total. The van der Waals surface area contributed by atoms with Crippen molar-refractivity contribution in [2.75, 3.05) is 13.7 Å². The topological polar surface area (TPSA) is 18.5 Å². The third kappa shape index (κ3) is 2.85. The fourth-order valence-electron chi connectivity index (χ4n) is 1.86. The van der Waals surface area contributed by atoms with Crippen molar-refractivity contribution in [3.05, 3.63) is 42.0 Å². The predicted molar refractivity (Wildman–Crippen MR) is 78.5 cm³/mol. The van der Waals surface area contributed by atoms with Gasteiger partial charge in [0.05, 0.1) is 6.10 Å². The highest BCUT2D eigenvalue weighted by Crippen LogP contribution is 2.30. The lowest BCUT2D eigenvalue weighted by Gasteiger charge is -2.15. The standard InChI is InChI=1S/C15H17BrO2/c1-11(17-2)10-18-15-8-7-12-5-3-4-6-13(12)14(15)9-16/h3-8,11H,9-10H2,1-2H3. The first-order valence-electron chi connectivity index (χ1n) is 5.98. The highest BCUT2D eigenvalue weighted by atomic mass is 79.9. The number of rotatable bonds is 5. The Morgan fingerprint density at radius 2 is 1.94 bits per heavy atom. The molecule has 2 aromatic carbocycles. The molecule has 0 amide bonds. The molecule has 0 fully saturated rings. The molecule has 0 saturated heterocycles. The van der Waals surface area contributed by atoms with Crippen LogP contribution in [0.1, 0.15) is 12.5 Å². The van der Waals surface area contributed by atoms with Gasteiger partial charge in [-0.05, 0) is 23.8 Å². The molecule has 0 spiro atoms. The van der Waals surface area contributed by atoms with E-state index in [0.717, 1.165) is 11.1 Å². The number of hydrogen-bond donors (Lipinski definition) is 0. The van der Waals surface area contributed by atoms with Crippen LogP contribution in [0.5, 0.6) is 5.75 Å². The predicted octanol–water partition coefficient (Wildman–Crippen LogP) is 4.15. The van der Waals surface area contributed by atoms with Gasteiger partial charge in [0, 0.05) is 18.0 Å². The van der Waals surface area contributed by atoms with E-state index in [0.29, 0.717) is 6.61 Å². The van der Waals surface area contributed by atoms with Gasteiger partial charge in [0.15, 0.2) is 0 Å². The van der Waals surface area contributed by atoms with Crippen molar-refractivity contribution in [3.8, 4) is 5.75 Å². The van der Waals surface area contributed by atoms with Crippen LogP contribution in [0.15, 0.2) is 36.4 Å². The molecular weight excluding hydrogens is 292 g/mol. The van der Waals surface area contributed by atoms with Gasteiger partial charge < -0.3 is 9.47 Å². The molecular formula is C15H17BrO2. The summed E-state index contributed by atoms with van der Waals surface area (Å²) < 4.78 is 11.0. The molecule has 0 saturated carbocycles. The van der Waals surface area contributed by atoms with Crippen LogP contribution in [-0.2, 0) is 10.1 Å². The molecule has 1 atom stereocenters. The van der Waals surface area contributed by atoms with E-state index in [9.17, 15) is 0 Å². The zero-order valence-corrected chi connectivity index (χ0v) is 12.2. The van der Waals surface area contributed by atoms with Gasteiger partial charge in [-0.3, -0.25) is 0 Å². The van der Waals surface area contributed by atoms with E-state index in [1.54, 1.807) is 7.11 Å². The van der Waals surface area contributed by atoms with Crippen LogP contribution in [0, 0.1) is 0 Å². The van der Waals surface area contributed by atoms with Crippen molar-refractivity contribution in [1.29, 1.82) is 0 Å². The van der Waals surface area contributed by atoms with Gasteiger partial charge in [0.2, 0.25) is 0 Å². The summed E-state index contributed by atoms with van der Waals surface area (Å²) in [6, 6.07) is 12.5. The second-order valence-electron chi connectivity index (χ2n) is 4.25. The van der Waals surface area contributed by atoms with Crippen molar-refractivity contribution in [1.82, 2.24) is 0 Å². The Balaban J connectivity index is 2.33. The summed E-state index contributed by atoms with van der Waals surface area (Å²) in [5.74, 6) is 0.925. The van der Waals surface area contributed by atoms with E-state index in [2.05, 4.69) is 40.2 Å². The quantitative estimate of drug-likeness (QED) is 0.773. The van der Waals surface area contributed by atoms with E-state index >= 15 is 0 Å². The molecule has 18 heavy (non-hydrogen) atoms. The molecule has 0 aliphatic carbocycles. The number of alkyl halides is 1. The van der Waals surface area contributed by atoms with Gasteiger partial charge >= 0.3 is 0 Å².